The molecule has 1 aromatic heterocycles. The van der Waals surface area contributed by atoms with Crippen molar-refractivity contribution in [1.82, 2.24) is 9.78 Å². The number of anilines is 2. The van der Waals surface area contributed by atoms with Crippen molar-refractivity contribution < 1.29 is 4.74 Å². The number of nitrogens with zero attached hydrogens (tertiary/aromatic N) is 3. The van der Waals surface area contributed by atoms with E-state index in [1.54, 1.807) is 10.9 Å². The summed E-state index contributed by atoms with van der Waals surface area (Å²) >= 11 is 6.49. The second-order valence-corrected chi connectivity index (χ2v) is 10.4. The van der Waals surface area contributed by atoms with Gasteiger partial charge in [0.05, 0.1) is 24.5 Å². The van der Waals surface area contributed by atoms with Crippen LogP contribution in [0.25, 0.3) is 0 Å². The number of benzene rings is 1. The summed E-state index contributed by atoms with van der Waals surface area (Å²) in [6.45, 7) is 4.71. The van der Waals surface area contributed by atoms with Crippen LogP contribution >= 0.6 is 11.6 Å². The standard InChI is InChI=1S/C26H35ClN4O2/c1-18-8-9-20-6-2-3-7-24(20)30(18)21-10-12-22(13-11-21)31-26(32)25(27)23(16-29-31)28-15-19-5-4-14-33-17-19/h2-3,6-7,16,18-19,21-22,28H,4-5,8-15,17H2,1H3. The van der Waals surface area contributed by atoms with Crippen molar-refractivity contribution in [2.24, 2.45) is 5.92 Å². The molecular weight excluding hydrogens is 436 g/mol. The third-order valence-electron chi connectivity index (χ3n) is 7.76. The number of halogens is 1. The Hall–Kier alpha value is -2.05. The summed E-state index contributed by atoms with van der Waals surface area (Å²) in [6, 6.07) is 10.0. The number of para-hydroxylation sites is 1. The molecule has 6 nitrogen and oxygen atoms in total. The summed E-state index contributed by atoms with van der Waals surface area (Å²) < 4.78 is 7.17. The van der Waals surface area contributed by atoms with E-state index in [-0.39, 0.29) is 16.6 Å². The third-order valence-corrected chi connectivity index (χ3v) is 8.13. The maximum Gasteiger partial charge on any atom is 0.287 e. The molecular formula is C26H35ClN4O2. The van der Waals surface area contributed by atoms with Crippen molar-refractivity contribution in [3.8, 4) is 0 Å². The second kappa shape index (κ2) is 10.1. The number of ether oxygens (including phenoxy) is 1. The van der Waals surface area contributed by atoms with Gasteiger partial charge in [0, 0.05) is 30.9 Å². The highest BCUT2D eigenvalue weighted by atomic mass is 35.5. The smallest absolute Gasteiger partial charge is 0.287 e. The Morgan fingerprint density at radius 2 is 1.91 bits per heavy atom. The van der Waals surface area contributed by atoms with E-state index in [1.165, 1.54) is 17.7 Å². The quantitative estimate of drug-likeness (QED) is 0.661. The summed E-state index contributed by atoms with van der Waals surface area (Å²) in [4.78, 5) is 15.7. The summed E-state index contributed by atoms with van der Waals surface area (Å²) in [6.07, 6.45) is 10.3. The fourth-order valence-electron chi connectivity index (χ4n) is 5.90. The molecule has 178 valence electrons. The molecule has 2 fully saturated rings. The Morgan fingerprint density at radius 1 is 1.12 bits per heavy atom. The lowest BCUT2D eigenvalue weighted by atomic mass is 9.86. The second-order valence-electron chi connectivity index (χ2n) is 9.97. The molecule has 2 aliphatic heterocycles. The molecule has 1 aliphatic carbocycles. The zero-order valence-corrected chi connectivity index (χ0v) is 20.3. The molecule has 1 N–H and O–H groups in total. The number of fused-ring (bicyclic) bond motifs is 1. The fourth-order valence-corrected chi connectivity index (χ4v) is 6.11. The molecule has 2 aromatic rings. The van der Waals surface area contributed by atoms with E-state index >= 15 is 0 Å². The van der Waals surface area contributed by atoms with Gasteiger partial charge in [0.1, 0.15) is 5.02 Å². The number of hydrogen-bond acceptors (Lipinski definition) is 5. The largest absolute Gasteiger partial charge is 0.382 e. The number of rotatable bonds is 5. The first-order valence-corrected chi connectivity index (χ1v) is 12.9. The summed E-state index contributed by atoms with van der Waals surface area (Å²) in [5.41, 5.74) is 3.32. The number of aromatic nitrogens is 2. The zero-order valence-electron chi connectivity index (χ0n) is 19.5. The normalized spacial score (nSPS) is 27.8. The van der Waals surface area contributed by atoms with Crippen LogP contribution in [0.3, 0.4) is 0 Å². The maximum atomic E-state index is 13.0. The highest BCUT2D eigenvalue weighted by molar-refractivity contribution is 6.32. The van der Waals surface area contributed by atoms with Gasteiger partial charge in [-0.15, -0.1) is 0 Å². The molecule has 7 heteroatoms. The number of nitrogens with one attached hydrogen (secondary N) is 1. The maximum absolute atomic E-state index is 13.0. The SMILES string of the molecule is CC1CCc2ccccc2N1C1CCC(n2ncc(NCC3CCCOC3)c(Cl)c2=O)CC1. The molecule has 0 spiro atoms. The molecule has 2 unspecified atom stereocenters. The summed E-state index contributed by atoms with van der Waals surface area (Å²) in [7, 11) is 0. The molecule has 1 aromatic carbocycles. The lowest BCUT2D eigenvalue weighted by molar-refractivity contribution is 0.0595. The Morgan fingerprint density at radius 3 is 2.70 bits per heavy atom. The van der Waals surface area contributed by atoms with Gasteiger partial charge in [0.15, 0.2) is 0 Å². The first-order valence-electron chi connectivity index (χ1n) is 12.6. The third kappa shape index (κ3) is 4.78. The van der Waals surface area contributed by atoms with Crippen LogP contribution in [0.15, 0.2) is 35.3 Å². The Kier molecular flexibility index (Phi) is 6.93. The van der Waals surface area contributed by atoms with Gasteiger partial charge in [-0.05, 0) is 75.8 Å². The van der Waals surface area contributed by atoms with Gasteiger partial charge in [-0.1, -0.05) is 29.8 Å². The monoisotopic (exact) mass is 470 g/mol. The van der Waals surface area contributed by atoms with Crippen LogP contribution in [0, 0.1) is 5.92 Å². The average Bonchev–Trinajstić information content (AvgIpc) is 2.86. The highest BCUT2D eigenvalue weighted by Gasteiger charge is 2.33. The van der Waals surface area contributed by atoms with E-state index in [0.29, 0.717) is 23.7 Å². The van der Waals surface area contributed by atoms with Crippen LogP contribution in [-0.4, -0.2) is 41.6 Å². The molecule has 0 radical (unpaired) electrons. The van der Waals surface area contributed by atoms with Crippen molar-refractivity contribution in [2.45, 2.75) is 76.4 Å². The molecule has 2 atom stereocenters. The molecule has 1 saturated carbocycles. The summed E-state index contributed by atoms with van der Waals surface area (Å²) in [5, 5.41) is 8.10. The summed E-state index contributed by atoms with van der Waals surface area (Å²) in [5.74, 6) is 0.454. The van der Waals surface area contributed by atoms with Crippen LogP contribution in [0.2, 0.25) is 5.02 Å². The van der Waals surface area contributed by atoms with Crippen LogP contribution in [0.5, 0.6) is 0 Å². The van der Waals surface area contributed by atoms with E-state index in [4.69, 9.17) is 16.3 Å². The molecule has 3 aliphatic rings. The van der Waals surface area contributed by atoms with Crippen molar-refractivity contribution in [2.75, 3.05) is 30.0 Å². The fraction of sp³-hybridized carbons (Fsp3) is 0.615. The molecule has 33 heavy (non-hydrogen) atoms. The van der Waals surface area contributed by atoms with Gasteiger partial charge in [-0.3, -0.25) is 4.79 Å². The predicted molar refractivity (Wildman–Crippen MR) is 134 cm³/mol. The molecule has 1 saturated heterocycles. The van der Waals surface area contributed by atoms with E-state index in [9.17, 15) is 4.79 Å². The van der Waals surface area contributed by atoms with Crippen LogP contribution in [0.4, 0.5) is 11.4 Å². The van der Waals surface area contributed by atoms with Gasteiger partial charge in [-0.2, -0.15) is 5.10 Å². The lowest BCUT2D eigenvalue weighted by Crippen LogP contribution is -2.47. The average molecular weight is 471 g/mol. The van der Waals surface area contributed by atoms with E-state index < -0.39 is 0 Å². The van der Waals surface area contributed by atoms with Gasteiger partial charge >= 0.3 is 0 Å². The minimum atomic E-state index is -0.179. The van der Waals surface area contributed by atoms with Crippen molar-refractivity contribution in [3.05, 3.63) is 51.4 Å². The predicted octanol–water partition coefficient (Wildman–Crippen LogP) is 5.06. The highest BCUT2D eigenvalue weighted by Crippen LogP contribution is 2.38. The van der Waals surface area contributed by atoms with Gasteiger partial charge in [0.25, 0.3) is 5.56 Å². The van der Waals surface area contributed by atoms with E-state index in [0.717, 1.165) is 64.7 Å². The Bertz CT molecular complexity index is 1010. The van der Waals surface area contributed by atoms with Gasteiger partial charge in [0.2, 0.25) is 0 Å². The van der Waals surface area contributed by atoms with E-state index in [1.807, 2.05) is 0 Å². The molecule has 3 heterocycles. The first-order chi connectivity index (χ1) is 16.1. The lowest BCUT2D eigenvalue weighted by Gasteiger charge is -2.45. The van der Waals surface area contributed by atoms with Crippen LogP contribution < -0.4 is 15.8 Å². The van der Waals surface area contributed by atoms with E-state index in [2.05, 4.69) is 46.5 Å². The number of hydrogen-bond donors (Lipinski definition) is 1. The molecule has 0 amide bonds. The topological polar surface area (TPSA) is 59.4 Å². The minimum absolute atomic E-state index is 0.113. The minimum Gasteiger partial charge on any atom is -0.382 e. The zero-order chi connectivity index (χ0) is 22.8. The van der Waals surface area contributed by atoms with Gasteiger partial charge in [-0.25, -0.2) is 4.68 Å². The molecule has 0 bridgehead atoms. The van der Waals surface area contributed by atoms with Crippen LogP contribution in [0.1, 0.15) is 63.5 Å². The first kappa shape index (κ1) is 22.7. The Labute approximate surface area is 201 Å². The van der Waals surface area contributed by atoms with Crippen molar-refractivity contribution >= 4 is 23.0 Å². The number of aryl methyl sites for hydroxylation is 1. The van der Waals surface area contributed by atoms with Crippen molar-refractivity contribution in [3.63, 3.8) is 0 Å². The Balaban J connectivity index is 1.24. The van der Waals surface area contributed by atoms with Gasteiger partial charge < -0.3 is 15.0 Å². The van der Waals surface area contributed by atoms with Crippen molar-refractivity contribution in [1.29, 1.82) is 0 Å². The molecule has 5 rings (SSSR count). The van der Waals surface area contributed by atoms with Crippen LogP contribution in [-0.2, 0) is 11.2 Å².